The summed E-state index contributed by atoms with van der Waals surface area (Å²) in [6.07, 6.45) is 2.16. The van der Waals surface area contributed by atoms with Crippen LogP contribution in [0.15, 0.2) is 36.0 Å². The fourth-order valence-corrected chi connectivity index (χ4v) is 1.27. The van der Waals surface area contributed by atoms with Gasteiger partial charge in [-0.25, -0.2) is 4.79 Å². The summed E-state index contributed by atoms with van der Waals surface area (Å²) >= 11 is 5.77. The Bertz CT molecular complexity index is 385. The van der Waals surface area contributed by atoms with Crippen molar-refractivity contribution >= 4 is 23.3 Å². The molecule has 0 aliphatic carbocycles. The highest BCUT2D eigenvalue weighted by molar-refractivity contribution is 6.30. The number of allylic oxidation sites excluding steroid dienone is 1. The molecule has 1 aromatic carbocycles. The van der Waals surface area contributed by atoms with Gasteiger partial charge in [-0.05, 0) is 30.7 Å². The van der Waals surface area contributed by atoms with Crippen LogP contribution in [0.4, 0.5) is 5.69 Å². The van der Waals surface area contributed by atoms with Gasteiger partial charge in [0.1, 0.15) is 0 Å². The van der Waals surface area contributed by atoms with Gasteiger partial charge in [-0.15, -0.1) is 0 Å². The first kappa shape index (κ1) is 12.6. The highest BCUT2D eigenvalue weighted by Gasteiger charge is 2.00. The van der Waals surface area contributed by atoms with E-state index in [-0.39, 0.29) is 5.97 Å². The minimum Gasteiger partial charge on any atom is -0.466 e. The molecule has 0 saturated carbocycles. The second-order valence-electron chi connectivity index (χ2n) is 3.18. The first-order chi connectivity index (χ1) is 7.65. The molecule has 16 heavy (non-hydrogen) atoms. The summed E-state index contributed by atoms with van der Waals surface area (Å²) in [6.45, 7) is 1.96. The minimum absolute atomic E-state index is 0.363. The quantitative estimate of drug-likeness (QED) is 0.648. The zero-order chi connectivity index (χ0) is 12.0. The summed E-state index contributed by atoms with van der Waals surface area (Å²) in [5.74, 6) is -0.363. The SMILES string of the molecule is CC/C(=C/C(=O)OC)Nc1ccc(Cl)cc1. The molecule has 0 aromatic heterocycles. The van der Waals surface area contributed by atoms with E-state index in [0.29, 0.717) is 5.02 Å². The van der Waals surface area contributed by atoms with Crippen molar-refractivity contribution < 1.29 is 9.53 Å². The van der Waals surface area contributed by atoms with Crippen molar-refractivity contribution in [2.24, 2.45) is 0 Å². The number of carbonyl (C=O) groups is 1. The number of ether oxygens (including phenoxy) is 1. The Balaban J connectivity index is 2.74. The van der Waals surface area contributed by atoms with Crippen LogP contribution in [-0.2, 0) is 9.53 Å². The number of hydrogen-bond donors (Lipinski definition) is 1. The van der Waals surface area contributed by atoms with Crippen LogP contribution in [0, 0.1) is 0 Å². The lowest BCUT2D eigenvalue weighted by molar-refractivity contribution is -0.134. The van der Waals surface area contributed by atoms with Crippen LogP contribution in [0.1, 0.15) is 13.3 Å². The Labute approximate surface area is 100 Å². The Morgan fingerprint density at radius 1 is 1.44 bits per heavy atom. The molecule has 4 heteroatoms. The molecule has 1 rings (SSSR count). The molecule has 0 saturated heterocycles. The van der Waals surface area contributed by atoms with Crippen LogP contribution in [0.25, 0.3) is 0 Å². The van der Waals surface area contributed by atoms with E-state index >= 15 is 0 Å². The Kier molecular flexibility index (Phi) is 4.86. The van der Waals surface area contributed by atoms with Gasteiger partial charge in [-0.1, -0.05) is 18.5 Å². The van der Waals surface area contributed by atoms with Gasteiger partial charge < -0.3 is 10.1 Å². The lowest BCUT2D eigenvalue weighted by Crippen LogP contribution is -2.03. The van der Waals surface area contributed by atoms with Crippen LogP contribution in [0.5, 0.6) is 0 Å². The number of anilines is 1. The lowest BCUT2D eigenvalue weighted by Gasteiger charge is -2.08. The largest absolute Gasteiger partial charge is 0.466 e. The molecular weight excluding hydrogens is 226 g/mol. The third-order valence-corrected chi connectivity index (χ3v) is 2.28. The number of halogens is 1. The van der Waals surface area contributed by atoms with Gasteiger partial charge in [-0.3, -0.25) is 0 Å². The Morgan fingerprint density at radius 3 is 2.56 bits per heavy atom. The molecule has 0 unspecified atom stereocenters. The summed E-state index contributed by atoms with van der Waals surface area (Å²) in [6, 6.07) is 7.27. The van der Waals surface area contributed by atoms with Gasteiger partial charge in [0.15, 0.2) is 0 Å². The minimum atomic E-state index is -0.363. The topological polar surface area (TPSA) is 38.3 Å². The van der Waals surface area contributed by atoms with E-state index in [0.717, 1.165) is 17.8 Å². The average Bonchev–Trinajstić information content (AvgIpc) is 2.30. The maximum Gasteiger partial charge on any atom is 0.332 e. The smallest absolute Gasteiger partial charge is 0.332 e. The van der Waals surface area contributed by atoms with Crippen molar-refractivity contribution in [1.29, 1.82) is 0 Å². The highest BCUT2D eigenvalue weighted by atomic mass is 35.5. The van der Waals surface area contributed by atoms with Crippen molar-refractivity contribution in [3.63, 3.8) is 0 Å². The molecule has 1 N–H and O–H groups in total. The third-order valence-electron chi connectivity index (χ3n) is 2.02. The highest BCUT2D eigenvalue weighted by Crippen LogP contribution is 2.16. The first-order valence-corrected chi connectivity index (χ1v) is 5.34. The maximum absolute atomic E-state index is 11.1. The van der Waals surface area contributed by atoms with E-state index in [2.05, 4.69) is 10.1 Å². The van der Waals surface area contributed by atoms with Crippen LogP contribution in [0.3, 0.4) is 0 Å². The van der Waals surface area contributed by atoms with Gasteiger partial charge >= 0.3 is 5.97 Å². The summed E-state index contributed by atoms with van der Waals surface area (Å²) in [4.78, 5) is 11.1. The molecule has 0 spiro atoms. The second kappa shape index (κ2) is 6.18. The van der Waals surface area contributed by atoms with Crippen molar-refractivity contribution in [3.05, 3.63) is 41.1 Å². The second-order valence-corrected chi connectivity index (χ2v) is 3.61. The van der Waals surface area contributed by atoms with Crippen LogP contribution >= 0.6 is 11.6 Å². The summed E-state index contributed by atoms with van der Waals surface area (Å²) < 4.78 is 4.56. The van der Waals surface area contributed by atoms with Crippen LogP contribution in [0.2, 0.25) is 5.02 Å². The summed E-state index contributed by atoms with van der Waals surface area (Å²) in [5.41, 5.74) is 1.69. The van der Waals surface area contributed by atoms with Crippen molar-refractivity contribution in [2.75, 3.05) is 12.4 Å². The zero-order valence-electron chi connectivity index (χ0n) is 9.29. The zero-order valence-corrected chi connectivity index (χ0v) is 10.0. The summed E-state index contributed by atoms with van der Waals surface area (Å²) in [5, 5.41) is 3.80. The van der Waals surface area contributed by atoms with E-state index in [4.69, 9.17) is 11.6 Å². The lowest BCUT2D eigenvalue weighted by atomic mass is 10.2. The fraction of sp³-hybridized carbons (Fsp3) is 0.250. The van der Waals surface area contributed by atoms with Gasteiger partial charge in [0.25, 0.3) is 0 Å². The molecule has 3 nitrogen and oxygen atoms in total. The molecule has 1 aromatic rings. The summed E-state index contributed by atoms with van der Waals surface area (Å²) in [7, 11) is 1.36. The van der Waals surface area contributed by atoms with Gasteiger partial charge in [0.05, 0.1) is 7.11 Å². The Morgan fingerprint density at radius 2 is 2.06 bits per heavy atom. The molecule has 86 valence electrons. The van der Waals surface area contributed by atoms with Crippen LogP contribution < -0.4 is 5.32 Å². The van der Waals surface area contributed by atoms with Crippen molar-refractivity contribution in [2.45, 2.75) is 13.3 Å². The number of benzene rings is 1. The fourth-order valence-electron chi connectivity index (χ4n) is 1.15. The Hall–Kier alpha value is -1.48. The molecule has 0 fully saturated rings. The monoisotopic (exact) mass is 239 g/mol. The molecule has 0 bridgehead atoms. The van der Waals surface area contributed by atoms with Gasteiger partial charge in [-0.2, -0.15) is 0 Å². The number of esters is 1. The van der Waals surface area contributed by atoms with E-state index in [1.54, 1.807) is 12.1 Å². The third kappa shape index (κ3) is 3.95. The van der Waals surface area contributed by atoms with Gasteiger partial charge in [0.2, 0.25) is 0 Å². The molecule has 0 heterocycles. The molecule has 0 atom stereocenters. The molecule has 0 aliphatic rings. The molecular formula is C12H14ClNO2. The van der Waals surface area contributed by atoms with E-state index in [1.165, 1.54) is 13.2 Å². The van der Waals surface area contributed by atoms with E-state index < -0.39 is 0 Å². The van der Waals surface area contributed by atoms with E-state index in [9.17, 15) is 4.79 Å². The number of rotatable bonds is 4. The average molecular weight is 240 g/mol. The number of hydrogen-bond acceptors (Lipinski definition) is 3. The number of carbonyl (C=O) groups excluding carboxylic acids is 1. The normalized spacial score (nSPS) is 11.1. The molecule has 0 amide bonds. The molecule has 0 radical (unpaired) electrons. The molecule has 0 aliphatic heterocycles. The van der Waals surface area contributed by atoms with E-state index in [1.807, 2.05) is 19.1 Å². The van der Waals surface area contributed by atoms with Crippen LogP contribution in [-0.4, -0.2) is 13.1 Å². The van der Waals surface area contributed by atoms with Crippen molar-refractivity contribution in [3.8, 4) is 0 Å². The van der Waals surface area contributed by atoms with Gasteiger partial charge in [0, 0.05) is 22.5 Å². The standard InChI is InChI=1S/C12H14ClNO2/c1-3-10(8-12(15)16-2)14-11-6-4-9(13)5-7-11/h4-8,14H,3H2,1-2H3/b10-8-. The predicted molar refractivity (Wildman–Crippen MR) is 65.5 cm³/mol. The predicted octanol–water partition coefficient (Wildman–Crippen LogP) is 3.22. The number of methoxy groups -OCH3 is 1. The maximum atomic E-state index is 11.1. The number of nitrogens with one attached hydrogen (secondary N) is 1. The first-order valence-electron chi connectivity index (χ1n) is 4.96. The van der Waals surface area contributed by atoms with Crippen molar-refractivity contribution in [1.82, 2.24) is 0 Å².